The van der Waals surface area contributed by atoms with Gasteiger partial charge in [0.05, 0.1) is 25.6 Å². The Bertz CT molecular complexity index is 947. The summed E-state index contributed by atoms with van der Waals surface area (Å²) in [7, 11) is -2.02. The largest absolute Gasteiger partial charge is 0.497 e. The average Bonchev–Trinajstić information content (AvgIpc) is 2.64. The summed E-state index contributed by atoms with van der Waals surface area (Å²) in [6, 6.07) is 11.9. The van der Waals surface area contributed by atoms with Crippen molar-refractivity contribution < 1.29 is 22.7 Å². The number of carbonyl (C=O) groups excluding carboxylic acids is 1. The van der Waals surface area contributed by atoms with Gasteiger partial charge in [-0.25, -0.2) is 8.42 Å². The molecule has 9 heteroatoms. The summed E-state index contributed by atoms with van der Waals surface area (Å²) in [6.45, 7) is 0.162. The molecule has 3 rings (SSSR count). The lowest BCUT2D eigenvalue weighted by Gasteiger charge is -2.34. The summed E-state index contributed by atoms with van der Waals surface area (Å²) in [5.74, 6) is 0.612. The third-order valence-corrected chi connectivity index (χ3v) is 5.49. The number of amides is 1. The number of rotatable bonds is 5. The monoisotopic (exact) mass is 410 g/mol. The molecule has 0 saturated carbocycles. The Kier molecular flexibility index (Phi) is 5.48. The van der Waals surface area contributed by atoms with Crippen molar-refractivity contribution in [1.29, 1.82) is 0 Å². The molecule has 7 nitrogen and oxygen atoms in total. The van der Waals surface area contributed by atoms with Gasteiger partial charge in [0.25, 0.3) is 5.91 Å². The zero-order valence-electron chi connectivity index (χ0n) is 14.8. The van der Waals surface area contributed by atoms with Crippen LogP contribution in [-0.4, -0.2) is 40.3 Å². The quantitative estimate of drug-likeness (QED) is 0.816. The Morgan fingerprint density at radius 1 is 1.30 bits per heavy atom. The molecule has 1 heterocycles. The van der Waals surface area contributed by atoms with Crippen molar-refractivity contribution in [2.24, 2.45) is 0 Å². The van der Waals surface area contributed by atoms with E-state index in [-0.39, 0.29) is 13.1 Å². The Hall–Kier alpha value is -2.45. The smallest absolute Gasteiger partial charge is 0.263 e. The average molecular weight is 411 g/mol. The highest BCUT2D eigenvalue weighted by Gasteiger charge is 2.35. The van der Waals surface area contributed by atoms with E-state index in [0.717, 1.165) is 21.9 Å². The highest BCUT2D eigenvalue weighted by molar-refractivity contribution is 7.92. The van der Waals surface area contributed by atoms with Crippen molar-refractivity contribution in [2.75, 3.05) is 24.2 Å². The number of ether oxygens (including phenoxy) is 2. The topological polar surface area (TPSA) is 84.9 Å². The molecular weight excluding hydrogens is 392 g/mol. The van der Waals surface area contributed by atoms with Gasteiger partial charge in [0.1, 0.15) is 11.5 Å². The van der Waals surface area contributed by atoms with Gasteiger partial charge in [-0.05, 0) is 35.9 Å². The number of halogens is 1. The maximum absolute atomic E-state index is 12.5. The van der Waals surface area contributed by atoms with Gasteiger partial charge in [0, 0.05) is 11.6 Å². The number of sulfonamides is 1. The normalized spacial score (nSPS) is 16.3. The van der Waals surface area contributed by atoms with E-state index in [0.29, 0.717) is 16.5 Å². The summed E-state index contributed by atoms with van der Waals surface area (Å²) in [5.41, 5.74) is 1.20. The van der Waals surface area contributed by atoms with E-state index >= 15 is 0 Å². The van der Waals surface area contributed by atoms with Crippen LogP contribution in [0.25, 0.3) is 0 Å². The van der Waals surface area contributed by atoms with E-state index in [1.807, 2.05) is 12.1 Å². The summed E-state index contributed by atoms with van der Waals surface area (Å²) in [5, 5.41) is 3.15. The van der Waals surface area contributed by atoms with Crippen molar-refractivity contribution in [1.82, 2.24) is 5.32 Å². The number of nitrogens with one attached hydrogen (secondary N) is 1. The molecule has 0 fully saturated rings. The molecule has 0 unspecified atom stereocenters. The van der Waals surface area contributed by atoms with E-state index in [1.54, 1.807) is 31.4 Å². The molecule has 0 aliphatic carbocycles. The molecule has 1 N–H and O–H groups in total. The second-order valence-corrected chi connectivity index (χ2v) is 8.42. The molecule has 2 aromatic rings. The summed E-state index contributed by atoms with van der Waals surface area (Å²) >= 11 is 5.96. The fourth-order valence-electron chi connectivity index (χ4n) is 2.72. The number of hydrogen-bond donors (Lipinski definition) is 1. The third kappa shape index (κ3) is 4.45. The van der Waals surface area contributed by atoms with Crippen LogP contribution >= 0.6 is 11.6 Å². The Labute approximate surface area is 162 Å². The third-order valence-electron chi connectivity index (χ3n) is 4.11. The lowest BCUT2D eigenvalue weighted by molar-refractivity contribution is -0.127. The Morgan fingerprint density at radius 2 is 2.00 bits per heavy atom. The van der Waals surface area contributed by atoms with Crippen LogP contribution in [0.15, 0.2) is 42.5 Å². The number of hydrogen-bond acceptors (Lipinski definition) is 5. The predicted octanol–water partition coefficient (Wildman–Crippen LogP) is 2.19. The van der Waals surface area contributed by atoms with Crippen LogP contribution in [0, 0.1) is 0 Å². The van der Waals surface area contributed by atoms with Gasteiger partial charge in [-0.15, -0.1) is 0 Å². The van der Waals surface area contributed by atoms with Crippen molar-refractivity contribution in [3.8, 4) is 11.5 Å². The number of anilines is 1. The van der Waals surface area contributed by atoms with Gasteiger partial charge in [-0.3, -0.25) is 9.10 Å². The lowest BCUT2D eigenvalue weighted by Crippen LogP contribution is -2.50. The summed E-state index contributed by atoms with van der Waals surface area (Å²) in [6.07, 6.45) is 0.113. The number of nitrogens with zero attached hydrogens (tertiary/aromatic N) is 1. The molecule has 0 saturated heterocycles. The fourth-order valence-corrected chi connectivity index (χ4v) is 3.79. The minimum absolute atomic E-state index is 0.124. The van der Waals surface area contributed by atoms with E-state index in [2.05, 4.69) is 5.32 Å². The van der Waals surface area contributed by atoms with E-state index in [1.165, 1.54) is 6.07 Å². The highest BCUT2D eigenvalue weighted by Crippen LogP contribution is 2.37. The van der Waals surface area contributed by atoms with Crippen LogP contribution < -0.4 is 19.1 Å². The zero-order chi connectivity index (χ0) is 19.6. The van der Waals surface area contributed by atoms with E-state index < -0.39 is 22.0 Å². The minimum Gasteiger partial charge on any atom is -0.497 e. The van der Waals surface area contributed by atoms with Crippen molar-refractivity contribution >= 4 is 33.2 Å². The van der Waals surface area contributed by atoms with Crippen LogP contribution in [0.2, 0.25) is 5.02 Å². The van der Waals surface area contributed by atoms with Crippen LogP contribution in [0.3, 0.4) is 0 Å². The number of fused-ring (bicyclic) bond motifs is 1. The molecule has 0 aromatic heterocycles. The summed E-state index contributed by atoms with van der Waals surface area (Å²) in [4.78, 5) is 12.5. The van der Waals surface area contributed by atoms with Gasteiger partial charge in [-0.1, -0.05) is 23.7 Å². The Balaban J connectivity index is 1.74. The van der Waals surface area contributed by atoms with Crippen LogP contribution in [0.4, 0.5) is 5.69 Å². The lowest BCUT2D eigenvalue weighted by atomic mass is 10.2. The maximum atomic E-state index is 12.5. The van der Waals surface area contributed by atoms with Gasteiger partial charge >= 0.3 is 0 Å². The molecule has 1 aliphatic heterocycles. The maximum Gasteiger partial charge on any atom is 0.263 e. The zero-order valence-corrected chi connectivity index (χ0v) is 16.4. The highest BCUT2D eigenvalue weighted by atomic mass is 35.5. The second kappa shape index (κ2) is 7.66. The van der Waals surface area contributed by atoms with Crippen molar-refractivity contribution in [2.45, 2.75) is 12.6 Å². The molecule has 2 aromatic carbocycles. The molecule has 0 bridgehead atoms. The molecule has 1 atom stereocenters. The number of benzene rings is 2. The molecule has 27 heavy (non-hydrogen) atoms. The standard InChI is InChI=1S/C18H19ClN2O5S/c1-25-14-6-3-12(4-7-14)10-20-18(22)17-11-21(27(2,23)24)15-9-13(19)5-8-16(15)26-17/h3-9,17H,10-11H2,1-2H3,(H,20,22)/t17-/m1/s1. The van der Waals surface area contributed by atoms with Gasteiger partial charge < -0.3 is 14.8 Å². The van der Waals surface area contributed by atoms with E-state index in [9.17, 15) is 13.2 Å². The van der Waals surface area contributed by atoms with Gasteiger partial charge in [0.2, 0.25) is 10.0 Å². The first-order chi connectivity index (χ1) is 12.8. The van der Waals surface area contributed by atoms with Crippen molar-refractivity contribution in [3.05, 3.63) is 53.1 Å². The van der Waals surface area contributed by atoms with Crippen LogP contribution in [0.1, 0.15) is 5.56 Å². The van der Waals surface area contributed by atoms with Gasteiger partial charge in [-0.2, -0.15) is 0 Å². The molecule has 1 amide bonds. The van der Waals surface area contributed by atoms with Crippen molar-refractivity contribution in [3.63, 3.8) is 0 Å². The van der Waals surface area contributed by atoms with Crippen LogP contribution in [0.5, 0.6) is 11.5 Å². The van der Waals surface area contributed by atoms with Gasteiger partial charge in [0.15, 0.2) is 6.10 Å². The Morgan fingerprint density at radius 3 is 2.63 bits per heavy atom. The summed E-state index contributed by atoms with van der Waals surface area (Å²) < 4.78 is 36.2. The molecule has 0 spiro atoms. The molecular formula is C18H19ClN2O5S. The first kappa shape index (κ1) is 19.3. The molecule has 1 aliphatic rings. The molecule has 0 radical (unpaired) electrons. The number of methoxy groups -OCH3 is 1. The first-order valence-corrected chi connectivity index (χ1v) is 10.3. The predicted molar refractivity (Wildman–Crippen MR) is 103 cm³/mol. The SMILES string of the molecule is COc1ccc(CNC(=O)[C@H]2CN(S(C)(=O)=O)c3cc(Cl)ccc3O2)cc1. The van der Waals surface area contributed by atoms with Crippen LogP contribution in [-0.2, 0) is 21.4 Å². The van der Waals surface area contributed by atoms with E-state index in [4.69, 9.17) is 21.1 Å². The molecule has 144 valence electrons. The number of carbonyl (C=O) groups is 1. The fraction of sp³-hybridized carbons (Fsp3) is 0.278. The minimum atomic E-state index is -3.60. The first-order valence-electron chi connectivity index (χ1n) is 8.12. The second-order valence-electron chi connectivity index (χ2n) is 6.08.